The SMILES string of the molecule is CCOC(=O)c1nc(=O)c2ccccc2n1C. The third-order valence-electron chi connectivity index (χ3n) is 2.48. The number of hydrogen-bond donors (Lipinski definition) is 0. The quantitative estimate of drug-likeness (QED) is 0.728. The first-order chi connectivity index (χ1) is 8.15. The predicted molar refractivity (Wildman–Crippen MR) is 62.9 cm³/mol. The van der Waals surface area contributed by atoms with Crippen molar-refractivity contribution in [1.82, 2.24) is 9.55 Å². The fourth-order valence-electron chi connectivity index (χ4n) is 1.67. The van der Waals surface area contributed by atoms with Crippen molar-refractivity contribution in [3.05, 3.63) is 40.4 Å². The first-order valence-corrected chi connectivity index (χ1v) is 5.28. The van der Waals surface area contributed by atoms with E-state index in [1.54, 1.807) is 42.8 Å². The van der Waals surface area contributed by atoms with Gasteiger partial charge in [-0.3, -0.25) is 4.79 Å². The molecule has 0 radical (unpaired) electrons. The van der Waals surface area contributed by atoms with Crippen LogP contribution in [0.25, 0.3) is 10.9 Å². The molecule has 88 valence electrons. The molecule has 0 saturated heterocycles. The maximum Gasteiger partial charge on any atom is 0.374 e. The molecule has 0 unspecified atom stereocenters. The molecule has 5 nitrogen and oxygen atoms in total. The van der Waals surface area contributed by atoms with Crippen LogP contribution in [0.2, 0.25) is 0 Å². The van der Waals surface area contributed by atoms with Crippen molar-refractivity contribution >= 4 is 16.9 Å². The maximum atomic E-state index is 11.7. The number of esters is 1. The molecule has 17 heavy (non-hydrogen) atoms. The molecule has 0 aliphatic carbocycles. The molecule has 0 amide bonds. The lowest BCUT2D eigenvalue weighted by Crippen LogP contribution is -2.22. The highest BCUT2D eigenvalue weighted by Gasteiger charge is 2.15. The lowest BCUT2D eigenvalue weighted by Gasteiger charge is -2.09. The number of benzene rings is 1. The van der Waals surface area contributed by atoms with E-state index in [0.717, 1.165) is 0 Å². The Morgan fingerprint density at radius 1 is 1.41 bits per heavy atom. The molecule has 0 aliphatic heterocycles. The number of ether oxygens (including phenoxy) is 1. The molecule has 0 atom stereocenters. The number of para-hydroxylation sites is 1. The van der Waals surface area contributed by atoms with Gasteiger partial charge in [0.15, 0.2) is 0 Å². The van der Waals surface area contributed by atoms with Crippen LogP contribution in [0, 0.1) is 0 Å². The summed E-state index contributed by atoms with van der Waals surface area (Å²) in [7, 11) is 1.68. The smallest absolute Gasteiger partial charge is 0.374 e. The highest BCUT2D eigenvalue weighted by molar-refractivity contribution is 5.89. The van der Waals surface area contributed by atoms with Crippen LogP contribution < -0.4 is 5.56 Å². The second-order valence-corrected chi connectivity index (χ2v) is 3.54. The van der Waals surface area contributed by atoms with Gasteiger partial charge in [0.2, 0.25) is 5.82 Å². The molecular weight excluding hydrogens is 220 g/mol. The van der Waals surface area contributed by atoms with Crippen molar-refractivity contribution in [3.8, 4) is 0 Å². The van der Waals surface area contributed by atoms with Crippen LogP contribution in [0.3, 0.4) is 0 Å². The largest absolute Gasteiger partial charge is 0.460 e. The zero-order chi connectivity index (χ0) is 12.4. The van der Waals surface area contributed by atoms with Gasteiger partial charge in [0.1, 0.15) is 0 Å². The summed E-state index contributed by atoms with van der Waals surface area (Å²) in [6, 6.07) is 7.01. The van der Waals surface area contributed by atoms with Crippen molar-refractivity contribution < 1.29 is 9.53 Å². The molecule has 0 bridgehead atoms. The fraction of sp³-hybridized carbons (Fsp3) is 0.250. The Hall–Kier alpha value is -2.17. The monoisotopic (exact) mass is 232 g/mol. The second kappa shape index (κ2) is 4.37. The van der Waals surface area contributed by atoms with Crippen LogP contribution >= 0.6 is 0 Å². The molecule has 1 heterocycles. The summed E-state index contributed by atoms with van der Waals surface area (Å²) in [6.45, 7) is 1.96. The van der Waals surface area contributed by atoms with Crippen molar-refractivity contribution in [3.63, 3.8) is 0 Å². The van der Waals surface area contributed by atoms with Crippen molar-refractivity contribution in [2.45, 2.75) is 6.92 Å². The molecule has 0 N–H and O–H groups in total. The Balaban J connectivity index is 2.71. The summed E-state index contributed by atoms with van der Waals surface area (Å²) in [5.74, 6) is -0.562. The van der Waals surface area contributed by atoms with Gasteiger partial charge in [-0.05, 0) is 19.1 Å². The number of rotatable bonds is 2. The number of hydrogen-bond acceptors (Lipinski definition) is 4. The van der Waals surface area contributed by atoms with Crippen LogP contribution in [-0.2, 0) is 11.8 Å². The molecule has 1 aromatic carbocycles. The van der Waals surface area contributed by atoms with E-state index in [2.05, 4.69) is 4.98 Å². The fourth-order valence-corrected chi connectivity index (χ4v) is 1.67. The lowest BCUT2D eigenvalue weighted by atomic mass is 10.2. The van der Waals surface area contributed by atoms with Crippen molar-refractivity contribution in [2.75, 3.05) is 6.61 Å². The summed E-state index contributed by atoms with van der Waals surface area (Å²) in [5, 5.41) is 0.489. The van der Waals surface area contributed by atoms with E-state index in [0.29, 0.717) is 10.9 Å². The minimum atomic E-state index is -0.585. The molecule has 1 aromatic heterocycles. The predicted octanol–water partition coefficient (Wildman–Crippen LogP) is 1.11. The normalized spacial score (nSPS) is 10.5. The average molecular weight is 232 g/mol. The topological polar surface area (TPSA) is 61.2 Å². The highest BCUT2D eigenvalue weighted by Crippen LogP contribution is 2.09. The van der Waals surface area contributed by atoms with E-state index >= 15 is 0 Å². The average Bonchev–Trinajstić information content (AvgIpc) is 2.34. The zero-order valence-corrected chi connectivity index (χ0v) is 9.64. The van der Waals surface area contributed by atoms with Gasteiger partial charge < -0.3 is 9.30 Å². The van der Waals surface area contributed by atoms with Crippen molar-refractivity contribution in [2.24, 2.45) is 7.05 Å². The Labute approximate surface area is 97.7 Å². The van der Waals surface area contributed by atoms with E-state index in [1.807, 2.05) is 0 Å². The third-order valence-corrected chi connectivity index (χ3v) is 2.48. The highest BCUT2D eigenvalue weighted by atomic mass is 16.5. The van der Waals surface area contributed by atoms with Crippen LogP contribution in [0.4, 0.5) is 0 Å². The molecular formula is C12H12N2O3. The first-order valence-electron chi connectivity index (χ1n) is 5.28. The summed E-state index contributed by atoms with van der Waals surface area (Å²) < 4.78 is 6.42. The van der Waals surface area contributed by atoms with E-state index < -0.39 is 11.5 Å². The Kier molecular flexibility index (Phi) is 2.91. The summed E-state index contributed by atoms with van der Waals surface area (Å²) in [5.41, 5.74) is 0.248. The van der Waals surface area contributed by atoms with Gasteiger partial charge in [0.25, 0.3) is 5.56 Å². The molecule has 0 fully saturated rings. The molecule has 0 saturated carbocycles. The minimum Gasteiger partial charge on any atom is -0.460 e. The lowest BCUT2D eigenvalue weighted by molar-refractivity contribution is 0.0506. The summed E-state index contributed by atoms with van der Waals surface area (Å²) >= 11 is 0. The van der Waals surface area contributed by atoms with Gasteiger partial charge in [-0.15, -0.1) is 0 Å². The maximum absolute atomic E-state index is 11.7. The molecule has 2 aromatic rings. The number of carbonyl (C=O) groups excluding carboxylic acids is 1. The van der Waals surface area contributed by atoms with E-state index in [4.69, 9.17) is 4.74 Å². The number of fused-ring (bicyclic) bond motifs is 1. The van der Waals surface area contributed by atoms with Gasteiger partial charge >= 0.3 is 5.97 Å². The Bertz CT molecular complexity index is 631. The number of aryl methyl sites for hydroxylation is 1. The van der Waals surface area contributed by atoms with Crippen molar-refractivity contribution in [1.29, 1.82) is 0 Å². The molecule has 2 rings (SSSR count). The molecule has 0 aliphatic rings. The third kappa shape index (κ3) is 1.91. The van der Waals surface area contributed by atoms with Gasteiger partial charge in [0, 0.05) is 7.05 Å². The van der Waals surface area contributed by atoms with E-state index in [-0.39, 0.29) is 12.4 Å². The second-order valence-electron chi connectivity index (χ2n) is 3.54. The van der Waals surface area contributed by atoms with Crippen LogP contribution in [0.1, 0.15) is 17.5 Å². The van der Waals surface area contributed by atoms with Crippen LogP contribution in [0.5, 0.6) is 0 Å². The summed E-state index contributed by atoms with van der Waals surface area (Å²) in [4.78, 5) is 27.1. The zero-order valence-electron chi connectivity index (χ0n) is 9.64. The standard InChI is InChI=1S/C12H12N2O3/c1-3-17-12(16)10-13-11(15)8-6-4-5-7-9(8)14(10)2/h4-7H,3H2,1-2H3. The number of carbonyl (C=O) groups is 1. The minimum absolute atomic E-state index is 0.0237. The molecule has 0 spiro atoms. The summed E-state index contributed by atoms with van der Waals surface area (Å²) in [6.07, 6.45) is 0. The van der Waals surface area contributed by atoms with Gasteiger partial charge in [0.05, 0.1) is 17.5 Å². The number of nitrogens with zero attached hydrogens (tertiary/aromatic N) is 2. The van der Waals surface area contributed by atoms with Crippen LogP contribution in [0.15, 0.2) is 29.1 Å². The van der Waals surface area contributed by atoms with Gasteiger partial charge in [-0.25, -0.2) is 4.79 Å². The van der Waals surface area contributed by atoms with Gasteiger partial charge in [-0.1, -0.05) is 12.1 Å². The Morgan fingerprint density at radius 2 is 2.12 bits per heavy atom. The molecule has 5 heteroatoms. The van der Waals surface area contributed by atoms with E-state index in [1.165, 1.54) is 0 Å². The van der Waals surface area contributed by atoms with Gasteiger partial charge in [-0.2, -0.15) is 4.98 Å². The van der Waals surface area contributed by atoms with E-state index in [9.17, 15) is 9.59 Å². The Morgan fingerprint density at radius 3 is 2.82 bits per heavy atom. The number of aromatic nitrogens is 2. The van der Waals surface area contributed by atoms with Crippen LogP contribution in [-0.4, -0.2) is 22.1 Å². The first kappa shape index (κ1) is 11.3.